The molecule has 0 spiro atoms. The molecule has 0 atom stereocenters. The molecule has 0 aliphatic rings. The fourth-order valence-corrected chi connectivity index (χ4v) is 3.76. The van der Waals surface area contributed by atoms with Crippen molar-refractivity contribution in [3.05, 3.63) is 53.4 Å². The van der Waals surface area contributed by atoms with Crippen molar-refractivity contribution in [2.75, 3.05) is 7.11 Å². The van der Waals surface area contributed by atoms with Gasteiger partial charge in [-0.25, -0.2) is 10.1 Å². The summed E-state index contributed by atoms with van der Waals surface area (Å²) in [4.78, 5) is 9.08. The van der Waals surface area contributed by atoms with E-state index in [9.17, 15) is 0 Å². The van der Waals surface area contributed by atoms with Gasteiger partial charge in [-0.05, 0) is 32.0 Å². The molecule has 0 radical (unpaired) electrons. The van der Waals surface area contributed by atoms with Gasteiger partial charge in [0.2, 0.25) is 5.95 Å². The van der Waals surface area contributed by atoms with Gasteiger partial charge in [0.15, 0.2) is 0 Å². The van der Waals surface area contributed by atoms with Gasteiger partial charge in [0.05, 0.1) is 12.8 Å². The van der Waals surface area contributed by atoms with Crippen molar-refractivity contribution in [1.29, 1.82) is 0 Å². The second-order valence-corrected chi connectivity index (χ2v) is 6.56. The molecule has 3 heterocycles. The van der Waals surface area contributed by atoms with Gasteiger partial charge in [0, 0.05) is 27.9 Å². The minimum atomic E-state index is 0.712. The summed E-state index contributed by atoms with van der Waals surface area (Å²) in [6.07, 6.45) is 1.51. The van der Waals surface area contributed by atoms with Crippen molar-refractivity contribution in [2.45, 2.75) is 13.8 Å². The summed E-state index contributed by atoms with van der Waals surface area (Å²) in [5.74, 6) is 1.54. The third-order valence-electron chi connectivity index (χ3n) is 4.14. The number of aromatic amines is 1. The van der Waals surface area contributed by atoms with E-state index in [1.807, 2.05) is 35.8 Å². The fraction of sp³-hybridized carbons (Fsp3) is 0.167. The predicted molar refractivity (Wildman–Crippen MR) is 98.3 cm³/mol. The highest BCUT2D eigenvalue weighted by molar-refractivity contribution is 7.13. The molecule has 3 aromatic heterocycles. The number of hydrogen-bond donors (Lipinski definition) is 1. The Balaban J connectivity index is 1.75. The Kier molecular flexibility index (Phi) is 3.85. The van der Waals surface area contributed by atoms with Crippen LogP contribution in [0.1, 0.15) is 11.4 Å². The molecule has 0 amide bonds. The standard InChI is InChI=1S/C18H17N5OS/c1-11-7-15(12(2)23(11)18-19-10-20-22-18)16-9-25-17(21-16)13-5-4-6-14(8-13)24-3/h4-10H,1-3H3,(H,19,20,22). The first-order valence-corrected chi connectivity index (χ1v) is 8.70. The van der Waals surface area contributed by atoms with E-state index in [1.165, 1.54) is 6.33 Å². The van der Waals surface area contributed by atoms with Gasteiger partial charge in [-0.15, -0.1) is 11.3 Å². The maximum Gasteiger partial charge on any atom is 0.229 e. The zero-order chi connectivity index (χ0) is 17.4. The summed E-state index contributed by atoms with van der Waals surface area (Å²) in [5.41, 5.74) is 5.28. The van der Waals surface area contributed by atoms with Crippen molar-refractivity contribution in [3.8, 4) is 33.5 Å². The minimum absolute atomic E-state index is 0.712. The third-order valence-corrected chi connectivity index (χ3v) is 5.03. The maximum absolute atomic E-state index is 5.30. The molecule has 4 rings (SSSR count). The van der Waals surface area contributed by atoms with Crippen LogP contribution in [0, 0.1) is 13.8 Å². The summed E-state index contributed by atoms with van der Waals surface area (Å²) in [6.45, 7) is 4.11. The average Bonchev–Trinajstić information content (AvgIpc) is 3.35. The lowest BCUT2D eigenvalue weighted by Crippen LogP contribution is -2.01. The molecular formula is C18H17N5OS. The smallest absolute Gasteiger partial charge is 0.229 e. The van der Waals surface area contributed by atoms with Crippen LogP contribution in [-0.4, -0.2) is 31.8 Å². The van der Waals surface area contributed by atoms with Crippen molar-refractivity contribution >= 4 is 11.3 Å². The summed E-state index contributed by atoms with van der Waals surface area (Å²) < 4.78 is 7.35. The second-order valence-electron chi connectivity index (χ2n) is 5.70. The van der Waals surface area contributed by atoms with Gasteiger partial charge < -0.3 is 4.74 Å². The highest BCUT2D eigenvalue weighted by atomic mass is 32.1. The second kappa shape index (κ2) is 6.18. The molecule has 0 unspecified atom stereocenters. The van der Waals surface area contributed by atoms with E-state index in [4.69, 9.17) is 9.72 Å². The number of H-pyrrole nitrogens is 1. The van der Waals surface area contributed by atoms with E-state index in [1.54, 1.807) is 18.4 Å². The molecule has 6 nitrogen and oxygen atoms in total. The van der Waals surface area contributed by atoms with Crippen LogP contribution >= 0.6 is 11.3 Å². The van der Waals surface area contributed by atoms with Gasteiger partial charge in [-0.2, -0.15) is 10.1 Å². The average molecular weight is 351 g/mol. The minimum Gasteiger partial charge on any atom is -0.497 e. The Morgan fingerprint density at radius 1 is 1.20 bits per heavy atom. The largest absolute Gasteiger partial charge is 0.497 e. The van der Waals surface area contributed by atoms with Crippen molar-refractivity contribution < 1.29 is 4.74 Å². The van der Waals surface area contributed by atoms with Crippen molar-refractivity contribution in [3.63, 3.8) is 0 Å². The van der Waals surface area contributed by atoms with Gasteiger partial charge in [0.25, 0.3) is 0 Å². The summed E-state index contributed by atoms with van der Waals surface area (Å²) in [6, 6.07) is 10.1. The number of thiazole rings is 1. The van der Waals surface area contributed by atoms with Crippen LogP contribution in [0.2, 0.25) is 0 Å². The molecule has 1 N–H and O–H groups in total. The van der Waals surface area contributed by atoms with Crippen LogP contribution in [0.25, 0.3) is 27.8 Å². The molecule has 0 fully saturated rings. The molecule has 7 heteroatoms. The molecule has 0 bridgehead atoms. The molecule has 126 valence electrons. The zero-order valence-corrected chi connectivity index (χ0v) is 15.0. The lowest BCUT2D eigenvalue weighted by molar-refractivity contribution is 0.415. The first-order chi connectivity index (χ1) is 12.2. The Labute approximate surface area is 149 Å². The first kappa shape index (κ1) is 15.6. The summed E-state index contributed by atoms with van der Waals surface area (Å²) >= 11 is 1.63. The van der Waals surface area contributed by atoms with E-state index in [-0.39, 0.29) is 0 Å². The third kappa shape index (κ3) is 2.72. The Hall–Kier alpha value is -2.93. The number of benzene rings is 1. The fourth-order valence-electron chi connectivity index (χ4n) is 2.94. The van der Waals surface area contributed by atoms with Gasteiger partial charge >= 0.3 is 0 Å². The lowest BCUT2D eigenvalue weighted by atomic mass is 10.2. The Bertz CT molecular complexity index is 1020. The van der Waals surface area contributed by atoms with Crippen LogP contribution in [0.4, 0.5) is 0 Å². The van der Waals surface area contributed by atoms with Crippen LogP contribution < -0.4 is 4.74 Å². The number of ether oxygens (including phenoxy) is 1. The summed E-state index contributed by atoms with van der Waals surface area (Å²) in [7, 11) is 1.67. The normalized spacial score (nSPS) is 11.0. The van der Waals surface area contributed by atoms with Gasteiger partial charge in [-0.1, -0.05) is 12.1 Å². The molecule has 0 aliphatic heterocycles. The SMILES string of the molecule is COc1cccc(-c2nc(-c3cc(C)n(-c4ncn[nH]4)c3C)cs2)c1. The Morgan fingerprint density at radius 2 is 2.08 bits per heavy atom. The van der Waals surface area contributed by atoms with Crippen LogP contribution in [0.5, 0.6) is 5.75 Å². The molecule has 0 saturated heterocycles. The number of nitrogens with one attached hydrogen (secondary N) is 1. The molecule has 0 saturated carbocycles. The number of hydrogen-bond acceptors (Lipinski definition) is 5. The van der Waals surface area contributed by atoms with E-state index in [0.717, 1.165) is 39.0 Å². The number of nitrogens with zero attached hydrogens (tertiary/aromatic N) is 4. The number of aryl methyl sites for hydroxylation is 1. The predicted octanol–water partition coefficient (Wildman–Crippen LogP) is 4.01. The van der Waals surface area contributed by atoms with Gasteiger partial charge in [0.1, 0.15) is 17.1 Å². The van der Waals surface area contributed by atoms with E-state index >= 15 is 0 Å². The maximum atomic E-state index is 5.30. The van der Waals surface area contributed by atoms with E-state index in [2.05, 4.69) is 33.6 Å². The molecule has 1 aromatic carbocycles. The molecule has 0 aliphatic carbocycles. The molecular weight excluding hydrogens is 334 g/mol. The molecule has 4 aromatic rings. The van der Waals surface area contributed by atoms with Crippen molar-refractivity contribution in [1.82, 2.24) is 24.7 Å². The van der Waals surface area contributed by atoms with E-state index in [0.29, 0.717) is 5.95 Å². The zero-order valence-electron chi connectivity index (χ0n) is 14.1. The van der Waals surface area contributed by atoms with Crippen molar-refractivity contribution in [2.24, 2.45) is 0 Å². The lowest BCUT2D eigenvalue weighted by Gasteiger charge is -2.04. The van der Waals surface area contributed by atoms with Gasteiger partial charge in [-0.3, -0.25) is 4.57 Å². The first-order valence-electron chi connectivity index (χ1n) is 7.82. The topological polar surface area (TPSA) is 68.6 Å². The summed E-state index contributed by atoms with van der Waals surface area (Å²) in [5, 5.41) is 9.91. The van der Waals surface area contributed by atoms with E-state index < -0.39 is 0 Å². The highest BCUT2D eigenvalue weighted by Crippen LogP contribution is 2.33. The Morgan fingerprint density at radius 3 is 2.84 bits per heavy atom. The van der Waals surface area contributed by atoms with Crippen LogP contribution in [0.15, 0.2) is 42.0 Å². The highest BCUT2D eigenvalue weighted by Gasteiger charge is 2.16. The number of methoxy groups -OCH3 is 1. The van der Waals surface area contributed by atoms with Crippen LogP contribution in [-0.2, 0) is 0 Å². The van der Waals surface area contributed by atoms with Crippen LogP contribution in [0.3, 0.4) is 0 Å². The number of rotatable bonds is 4. The number of aromatic nitrogens is 5. The monoisotopic (exact) mass is 351 g/mol. The quantitative estimate of drug-likeness (QED) is 0.603. The molecule has 25 heavy (non-hydrogen) atoms.